The summed E-state index contributed by atoms with van der Waals surface area (Å²) < 4.78 is 11.3. The molecule has 0 spiro atoms. The number of aryl methyl sites for hydroxylation is 1. The van der Waals surface area contributed by atoms with Gasteiger partial charge in [-0.25, -0.2) is 0 Å². The van der Waals surface area contributed by atoms with E-state index in [1.54, 1.807) is 18.7 Å². The Morgan fingerprint density at radius 2 is 1.94 bits per heavy atom. The van der Waals surface area contributed by atoms with E-state index in [0.717, 1.165) is 45.4 Å². The van der Waals surface area contributed by atoms with Gasteiger partial charge in [0.2, 0.25) is 0 Å². The number of nitrogens with two attached hydrogens (primary N) is 1. The van der Waals surface area contributed by atoms with Crippen LogP contribution in [-0.2, 0) is 6.42 Å². The molecule has 6 heteroatoms. The summed E-state index contributed by atoms with van der Waals surface area (Å²) in [5.41, 5.74) is 13.2. The lowest BCUT2D eigenvalue weighted by Gasteiger charge is -2.15. The molecule has 5 rings (SSSR count). The molecule has 0 amide bonds. The molecule has 0 aliphatic heterocycles. The van der Waals surface area contributed by atoms with Crippen LogP contribution in [0, 0.1) is 6.92 Å². The predicted molar refractivity (Wildman–Crippen MR) is 125 cm³/mol. The van der Waals surface area contributed by atoms with Crippen molar-refractivity contribution in [3.63, 3.8) is 0 Å². The Morgan fingerprint density at radius 3 is 2.75 bits per heavy atom. The number of H-pyrrole nitrogens is 1. The van der Waals surface area contributed by atoms with Gasteiger partial charge < -0.3 is 14.9 Å². The highest BCUT2D eigenvalue weighted by molar-refractivity contribution is 5.90. The first-order chi connectivity index (χ1) is 15.7. The Labute approximate surface area is 186 Å². The standard InChI is InChI=1S/C26H24N4O2/c1-17-23-12-19(7-8-25(23)30-29-17)24-13-22(14-28-26(24)20-9-10-31-15-20)32-16-21(27)11-18-5-3-2-4-6-18/h2-10,12-15,21H,11,16,27H2,1H3,(H,29,30). The van der Waals surface area contributed by atoms with Gasteiger partial charge in [-0.3, -0.25) is 10.1 Å². The number of furan rings is 1. The summed E-state index contributed by atoms with van der Waals surface area (Å²) in [6, 6.07) is 20.2. The smallest absolute Gasteiger partial charge is 0.138 e. The SMILES string of the molecule is Cc1[nH]nc2ccc(-c3cc(OCC(N)Cc4ccccc4)cnc3-c3ccoc3)cc12. The second-order valence-electron chi connectivity index (χ2n) is 7.92. The Morgan fingerprint density at radius 1 is 1.06 bits per heavy atom. The number of aromatic nitrogens is 3. The zero-order valence-corrected chi connectivity index (χ0v) is 17.8. The van der Waals surface area contributed by atoms with E-state index in [1.807, 2.05) is 49.4 Å². The van der Waals surface area contributed by atoms with E-state index in [0.29, 0.717) is 12.4 Å². The van der Waals surface area contributed by atoms with Gasteiger partial charge in [-0.1, -0.05) is 36.4 Å². The molecular formula is C26H24N4O2. The van der Waals surface area contributed by atoms with Crippen molar-refractivity contribution in [2.24, 2.45) is 5.73 Å². The molecule has 32 heavy (non-hydrogen) atoms. The Hall–Kier alpha value is -3.90. The number of hydrogen-bond donors (Lipinski definition) is 2. The molecule has 0 bridgehead atoms. The van der Waals surface area contributed by atoms with Gasteiger partial charge in [0.15, 0.2) is 0 Å². The minimum atomic E-state index is -0.112. The van der Waals surface area contributed by atoms with Gasteiger partial charge in [0.25, 0.3) is 0 Å². The molecule has 3 heterocycles. The van der Waals surface area contributed by atoms with Crippen molar-refractivity contribution < 1.29 is 9.15 Å². The number of hydrogen-bond acceptors (Lipinski definition) is 5. The molecule has 0 aliphatic rings. The summed E-state index contributed by atoms with van der Waals surface area (Å²) in [4.78, 5) is 4.70. The highest BCUT2D eigenvalue weighted by Gasteiger charge is 2.14. The van der Waals surface area contributed by atoms with Gasteiger partial charge in [-0.05, 0) is 48.7 Å². The molecule has 2 aromatic carbocycles. The normalized spacial score (nSPS) is 12.2. The van der Waals surface area contributed by atoms with Crippen molar-refractivity contribution in [2.45, 2.75) is 19.4 Å². The lowest BCUT2D eigenvalue weighted by atomic mass is 9.99. The van der Waals surface area contributed by atoms with Crippen LogP contribution >= 0.6 is 0 Å². The summed E-state index contributed by atoms with van der Waals surface area (Å²) in [6.45, 7) is 2.42. The van der Waals surface area contributed by atoms with E-state index in [2.05, 4.69) is 28.4 Å². The van der Waals surface area contributed by atoms with Crippen LogP contribution in [0.3, 0.4) is 0 Å². The summed E-state index contributed by atoms with van der Waals surface area (Å²) in [5.74, 6) is 0.680. The van der Waals surface area contributed by atoms with Gasteiger partial charge in [0.1, 0.15) is 12.4 Å². The molecule has 0 saturated heterocycles. The molecule has 0 aliphatic carbocycles. The van der Waals surface area contributed by atoms with E-state index in [-0.39, 0.29) is 6.04 Å². The number of ether oxygens (including phenoxy) is 1. The van der Waals surface area contributed by atoms with Crippen LogP contribution in [0.15, 0.2) is 83.8 Å². The van der Waals surface area contributed by atoms with Crippen LogP contribution in [0.5, 0.6) is 5.75 Å². The summed E-state index contributed by atoms with van der Waals surface area (Å²) in [6.07, 6.45) is 5.84. The highest BCUT2D eigenvalue weighted by Crippen LogP contribution is 2.35. The molecule has 0 radical (unpaired) electrons. The van der Waals surface area contributed by atoms with E-state index in [9.17, 15) is 0 Å². The molecule has 0 fully saturated rings. The summed E-state index contributed by atoms with van der Waals surface area (Å²) in [7, 11) is 0. The van der Waals surface area contributed by atoms with Crippen LogP contribution in [0.1, 0.15) is 11.3 Å². The Bertz CT molecular complexity index is 1330. The maximum Gasteiger partial charge on any atom is 0.138 e. The number of nitrogens with one attached hydrogen (secondary N) is 1. The average molecular weight is 425 g/mol. The number of rotatable bonds is 7. The molecular weight excluding hydrogens is 400 g/mol. The first kappa shape index (κ1) is 20.0. The highest BCUT2D eigenvalue weighted by atomic mass is 16.5. The van der Waals surface area contributed by atoms with Crippen molar-refractivity contribution in [3.05, 3.63) is 90.6 Å². The van der Waals surface area contributed by atoms with Crippen LogP contribution in [0.25, 0.3) is 33.3 Å². The van der Waals surface area contributed by atoms with Crippen molar-refractivity contribution in [1.82, 2.24) is 15.2 Å². The van der Waals surface area contributed by atoms with Crippen LogP contribution in [0.2, 0.25) is 0 Å². The lowest BCUT2D eigenvalue weighted by molar-refractivity contribution is 0.287. The zero-order valence-electron chi connectivity index (χ0n) is 17.8. The summed E-state index contributed by atoms with van der Waals surface area (Å²) in [5, 5.41) is 8.45. The fourth-order valence-electron chi connectivity index (χ4n) is 3.86. The number of nitrogens with zero attached hydrogens (tertiary/aromatic N) is 2. The third-order valence-electron chi connectivity index (χ3n) is 5.52. The van der Waals surface area contributed by atoms with E-state index >= 15 is 0 Å². The third-order valence-corrected chi connectivity index (χ3v) is 5.52. The van der Waals surface area contributed by atoms with Crippen molar-refractivity contribution in [2.75, 3.05) is 6.61 Å². The quantitative estimate of drug-likeness (QED) is 0.377. The zero-order chi connectivity index (χ0) is 21.9. The third kappa shape index (κ3) is 4.13. The van der Waals surface area contributed by atoms with E-state index in [4.69, 9.17) is 19.9 Å². The fourth-order valence-corrected chi connectivity index (χ4v) is 3.86. The van der Waals surface area contributed by atoms with Crippen LogP contribution < -0.4 is 10.5 Å². The molecule has 3 N–H and O–H groups in total. The minimum Gasteiger partial charge on any atom is -0.490 e. The molecule has 6 nitrogen and oxygen atoms in total. The van der Waals surface area contributed by atoms with Gasteiger partial charge in [0.05, 0.1) is 29.9 Å². The Balaban J connectivity index is 1.44. The number of pyridine rings is 1. The maximum absolute atomic E-state index is 6.31. The van der Waals surface area contributed by atoms with Gasteiger partial charge in [0, 0.05) is 28.2 Å². The van der Waals surface area contributed by atoms with E-state index in [1.165, 1.54) is 5.56 Å². The topological polar surface area (TPSA) is 90.0 Å². The molecule has 0 saturated carbocycles. The van der Waals surface area contributed by atoms with Gasteiger partial charge in [-0.15, -0.1) is 0 Å². The molecule has 160 valence electrons. The van der Waals surface area contributed by atoms with Crippen molar-refractivity contribution in [1.29, 1.82) is 0 Å². The van der Waals surface area contributed by atoms with Crippen molar-refractivity contribution in [3.8, 4) is 28.1 Å². The fraction of sp³-hybridized carbons (Fsp3) is 0.154. The van der Waals surface area contributed by atoms with Crippen LogP contribution in [-0.4, -0.2) is 27.8 Å². The number of aromatic amines is 1. The lowest BCUT2D eigenvalue weighted by Crippen LogP contribution is -2.30. The van der Waals surface area contributed by atoms with Gasteiger partial charge in [-0.2, -0.15) is 5.10 Å². The molecule has 1 atom stereocenters. The van der Waals surface area contributed by atoms with Gasteiger partial charge >= 0.3 is 0 Å². The van der Waals surface area contributed by atoms with E-state index < -0.39 is 0 Å². The predicted octanol–water partition coefficient (Wildman–Crippen LogP) is 5.14. The first-order valence-corrected chi connectivity index (χ1v) is 10.6. The monoisotopic (exact) mass is 424 g/mol. The average Bonchev–Trinajstić information content (AvgIpc) is 3.48. The van der Waals surface area contributed by atoms with Crippen LogP contribution in [0.4, 0.5) is 0 Å². The maximum atomic E-state index is 6.31. The Kier molecular flexibility index (Phi) is 5.44. The second kappa shape index (κ2) is 8.69. The largest absolute Gasteiger partial charge is 0.490 e. The molecule has 1 unspecified atom stereocenters. The number of benzene rings is 2. The molecule has 3 aromatic heterocycles. The summed E-state index contributed by atoms with van der Waals surface area (Å²) >= 11 is 0. The second-order valence-corrected chi connectivity index (χ2v) is 7.92. The first-order valence-electron chi connectivity index (χ1n) is 10.6. The number of fused-ring (bicyclic) bond motifs is 1. The van der Waals surface area contributed by atoms with Crippen molar-refractivity contribution >= 4 is 10.9 Å². The minimum absolute atomic E-state index is 0.112. The molecule has 5 aromatic rings.